The smallest absolute Gasteiger partial charge is 0.236 e. The van der Waals surface area contributed by atoms with E-state index >= 15 is 0 Å². The Morgan fingerprint density at radius 3 is 2.43 bits per heavy atom. The van der Waals surface area contributed by atoms with Crippen molar-refractivity contribution >= 4 is 5.78 Å². The number of ketones is 1. The highest BCUT2D eigenvalue weighted by molar-refractivity contribution is 5.88. The fourth-order valence-corrected chi connectivity index (χ4v) is 1.70. The molecule has 0 radical (unpaired) electrons. The minimum Gasteiger partial charge on any atom is -0.312 e. The Balaban J connectivity index is 2.51. The Bertz CT molecular complexity index is 251. The van der Waals surface area contributed by atoms with Crippen molar-refractivity contribution in [1.82, 2.24) is 5.32 Å². The van der Waals surface area contributed by atoms with Crippen LogP contribution < -0.4 is 5.32 Å². The molecule has 14 heavy (non-hydrogen) atoms. The quantitative estimate of drug-likeness (QED) is 0.644. The van der Waals surface area contributed by atoms with Gasteiger partial charge < -0.3 is 10.2 Å². The van der Waals surface area contributed by atoms with Crippen molar-refractivity contribution in [2.75, 3.05) is 6.54 Å². The van der Waals surface area contributed by atoms with Crippen LogP contribution in [0.1, 0.15) is 33.6 Å². The average Bonchev–Trinajstić information content (AvgIpc) is 2.15. The molecule has 3 nitrogen and oxygen atoms in total. The van der Waals surface area contributed by atoms with Crippen LogP contribution in [0.5, 0.6) is 0 Å². The Morgan fingerprint density at radius 2 is 2.07 bits per heavy atom. The second-order valence-corrected chi connectivity index (χ2v) is 4.94. The van der Waals surface area contributed by atoms with E-state index in [2.05, 4.69) is 10.2 Å². The van der Waals surface area contributed by atoms with E-state index in [1.54, 1.807) is 0 Å². The van der Waals surface area contributed by atoms with Crippen LogP contribution in [0.15, 0.2) is 0 Å². The molecule has 3 heteroatoms. The second kappa shape index (κ2) is 4.10. The van der Waals surface area contributed by atoms with Crippen LogP contribution >= 0.6 is 0 Å². The van der Waals surface area contributed by atoms with Gasteiger partial charge in [-0.25, -0.2) is 6.57 Å². The molecule has 0 spiro atoms. The zero-order chi connectivity index (χ0) is 10.8. The molecule has 0 amide bonds. The van der Waals surface area contributed by atoms with E-state index in [0.717, 1.165) is 12.8 Å². The van der Waals surface area contributed by atoms with Gasteiger partial charge in [-0.2, -0.15) is 0 Å². The van der Waals surface area contributed by atoms with E-state index in [-0.39, 0.29) is 23.3 Å². The average molecular weight is 194 g/mol. The van der Waals surface area contributed by atoms with Gasteiger partial charge in [-0.1, -0.05) is 20.8 Å². The lowest BCUT2D eigenvalue weighted by Crippen LogP contribution is -2.48. The number of hydrogen-bond acceptors (Lipinski definition) is 2. The summed E-state index contributed by atoms with van der Waals surface area (Å²) in [5, 5.41) is 3.16. The number of Topliss-reactive ketones (excluding diaryl/α,β-unsaturated/α-hetero) is 1. The van der Waals surface area contributed by atoms with Crippen molar-refractivity contribution in [3.8, 4) is 0 Å². The molecule has 0 saturated carbocycles. The first-order valence-electron chi connectivity index (χ1n) is 5.09. The molecule has 1 N–H and O–H groups in total. The molecular weight excluding hydrogens is 176 g/mol. The summed E-state index contributed by atoms with van der Waals surface area (Å²) >= 11 is 0. The van der Waals surface area contributed by atoms with E-state index in [9.17, 15) is 4.79 Å². The number of nitrogens with zero attached hydrogens (tertiary/aromatic N) is 1. The largest absolute Gasteiger partial charge is 0.312 e. The standard InChI is InChI=1S/C11H18N2O/c1-11(2,3)10(14)9-6-5-8(12-4)7-13-9/h8-9,13H,5-7H2,1-3H3. The van der Waals surface area contributed by atoms with Crippen LogP contribution in [-0.2, 0) is 4.79 Å². The summed E-state index contributed by atoms with van der Waals surface area (Å²) in [5.74, 6) is 0.265. The molecule has 2 unspecified atom stereocenters. The van der Waals surface area contributed by atoms with Gasteiger partial charge in [0.15, 0.2) is 5.78 Å². The van der Waals surface area contributed by atoms with E-state index < -0.39 is 0 Å². The Labute approximate surface area is 85.7 Å². The molecule has 1 heterocycles. The van der Waals surface area contributed by atoms with Gasteiger partial charge >= 0.3 is 0 Å². The van der Waals surface area contributed by atoms with Gasteiger partial charge in [0.2, 0.25) is 6.04 Å². The van der Waals surface area contributed by atoms with Crippen LogP contribution in [0.2, 0.25) is 0 Å². The summed E-state index contributed by atoms with van der Waals surface area (Å²) in [4.78, 5) is 15.4. The normalized spacial score (nSPS) is 28.1. The lowest BCUT2D eigenvalue weighted by Gasteiger charge is -2.28. The summed E-state index contributed by atoms with van der Waals surface area (Å²) in [5.41, 5.74) is -0.275. The minimum atomic E-state index is -0.275. The van der Waals surface area contributed by atoms with Crippen LogP contribution in [0.25, 0.3) is 4.85 Å². The molecule has 0 aromatic carbocycles. The van der Waals surface area contributed by atoms with E-state index in [4.69, 9.17) is 6.57 Å². The maximum Gasteiger partial charge on any atom is 0.236 e. The Hall–Kier alpha value is -0.880. The Morgan fingerprint density at radius 1 is 1.43 bits per heavy atom. The molecule has 0 aromatic rings. The van der Waals surface area contributed by atoms with Crippen molar-refractivity contribution in [3.63, 3.8) is 0 Å². The summed E-state index contributed by atoms with van der Waals surface area (Å²) in [7, 11) is 0. The van der Waals surface area contributed by atoms with Crippen molar-refractivity contribution in [1.29, 1.82) is 0 Å². The molecule has 78 valence electrons. The third kappa shape index (κ3) is 2.55. The maximum absolute atomic E-state index is 11.9. The van der Waals surface area contributed by atoms with Crippen molar-refractivity contribution < 1.29 is 4.79 Å². The summed E-state index contributed by atoms with van der Waals surface area (Å²) < 4.78 is 0. The first-order valence-corrected chi connectivity index (χ1v) is 5.09. The van der Waals surface area contributed by atoms with Crippen LogP contribution in [-0.4, -0.2) is 24.4 Å². The van der Waals surface area contributed by atoms with Gasteiger partial charge in [-0.3, -0.25) is 4.79 Å². The fourth-order valence-electron chi connectivity index (χ4n) is 1.70. The molecule has 1 aliphatic rings. The molecule has 0 aromatic heterocycles. The third-order valence-corrected chi connectivity index (χ3v) is 2.63. The maximum atomic E-state index is 11.9. The highest BCUT2D eigenvalue weighted by Gasteiger charge is 2.33. The molecular formula is C11H18N2O. The van der Waals surface area contributed by atoms with Crippen LogP contribution in [0.3, 0.4) is 0 Å². The number of carbonyl (C=O) groups excluding carboxylic acids is 1. The summed E-state index contributed by atoms with van der Waals surface area (Å²) in [6, 6.07) is 0.0343. The molecule has 2 atom stereocenters. The molecule has 1 rings (SSSR count). The molecule has 1 aliphatic heterocycles. The first-order chi connectivity index (χ1) is 6.45. The number of rotatable bonds is 1. The number of piperidine rings is 1. The molecule has 1 saturated heterocycles. The van der Waals surface area contributed by atoms with Gasteiger partial charge in [-0.15, -0.1) is 0 Å². The lowest BCUT2D eigenvalue weighted by molar-refractivity contribution is -0.129. The highest BCUT2D eigenvalue weighted by atomic mass is 16.1. The number of hydrogen-bond donors (Lipinski definition) is 1. The van der Waals surface area contributed by atoms with Crippen LogP contribution in [0, 0.1) is 12.0 Å². The van der Waals surface area contributed by atoms with Gasteiger partial charge in [0.05, 0.1) is 12.6 Å². The molecule has 0 aliphatic carbocycles. The zero-order valence-electron chi connectivity index (χ0n) is 9.13. The highest BCUT2D eigenvalue weighted by Crippen LogP contribution is 2.21. The third-order valence-electron chi connectivity index (χ3n) is 2.63. The molecule has 0 bridgehead atoms. The SMILES string of the molecule is [C-]#[N+]C1CCC(C(=O)C(C)(C)C)NC1. The lowest BCUT2D eigenvalue weighted by atomic mass is 9.83. The predicted molar refractivity (Wildman–Crippen MR) is 55.9 cm³/mol. The first kappa shape index (κ1) is 11.2. The summed E-state index contributed by atoms with van der Waals surface area (Å²) in [6.45, 7) is 13.4. The predicted octanol–water partition coefficient (Wildman–Crippen LogP) is 1.64. The van der Waals surface area contributed by atoms with Gasteiger partial charge in [0.25, 0.3) is 0 Å². The fraction of sp³-hybridized carbons (Fsp3) is 0.818. The van der Waals surface area contributed by atoms with E-state index in [1.807, 2.05) is 20.8 Å². The Kier molecular flexibility index (Phi) is 3.28. The van der Waals surface area contributed by atoms with E-state index in [0.29, 0.717) is 6.54 Å². The van der Waals surface area contributed by atoms with E-state index in [1.165, 1.54) is 0 Å². The summed E-state index contributed by atoms with van der Waals surface area (Å²) in [6.07, 6.45) is 1.66. The number of carbonyl (C=O) groups is 1. The van der Waals surface area contributed by atoms with Gasteiger partial charge in [0, 0.05) is 11.8 Å². The minimum absolute atomic E-state index is 0.0343. The van der Waals surface area contributed by atoms with Gasteiger partial charge in [-0.05, 0) is 6.42 Å². The number of nitrogens with one attached hydrogen (secondary N) is 1. The zero-order valence-corrected chi connectivity index (χ0v) is 9.13. The van der Waals surface area contributed by atoms with Crippen molar-refractivity contribution in [2.24, 2.45) is 5.41 Å². The molecule has 1 fully saturated rings. The monoisotopic (exact) mass is 194 g/mol. The van der Waals surface area contributed by atoms with Gasteiger partial charge in [0.1, 0.15) is 0 Å². The topological polar surface area (TPSA) is 33.5 Å². The van der Waals surface area contributed by atoms with Crippen LogP contribution in [0.4, 0.5) is 0 Å². The second-order valence-electron chi connectivity index (χ2n) is 4.94. The van der Waals surface area contributed by atoms with Crippen molar-refractivity contribution in [3.05, 3.63) is 11.4 Å². The van der Waals surface area contributed by atoms with Crippen molar-refractivity contribution in [2.45, 2.75) is 45.7 Å².